The van der Waals surface area contributed by atoms with Gasteiger partial charge in [0.1, 0.15) is 11.4 Å². The lowest BCUT2D eigenvalue weighted by Gasteiger charge is -2.32. The van der Waals surface area contributed by atoms with E-state index in [1.165, 1.54) is 7.11 Å². The molecule has 0 saturated carbocycles. The Morgan fingerprint density at radius 1 is 1.21 bits per heavy atom. The van der Waals surface area contributed by atoms with E-state index in [2.05, 4.69) is 5.32 Å². The first kappa shape index (κ1) is 19.8. The van der Waals surface area contributed by atoms with E-state index in [1.54, 1.807) is 52.0 Å². The van der Waals surface area contributed by atoms with Crippen molar-refractivity contribution in [2.45, 2.75) is 45.3 Å². The number of carboxylic acid groups (broad SMARTS) is 1. The molecule has 24 heavy (non-hydrogen) atoms. The fraction of sp³-hybridized carbons (Fsp3) is 0.529. The number of aliphatic carboxylic acids is 1. The van der Waals surface area contributed by atoms with Crippen LogP contribution in [0.25, 0.3) is 0 Å². The maximum atomic E-state index is 12.2. The third kappa shape index (κ3) is 4.86. The van der Waals surface area contributed by atoms with Gasteiger partial charge in [0.2, 0.25) is 0 Å². The van der Waals surface area contributed by atoms with E-state index in [4.69, 9.17) is 14.2 Å². The molecule has 1 rings (SSSR count). The average Bonchev–Trinajstić information content (AvgIpc) is 2.49. The number of methoxy groups -OCH3 is 1. The van der Waals surface area contributed by atoms with Gasteiger partial charge in [0, 0.05) is 12.7 Å². The van der Waals surface area contributed by atoms with Gasteiger partial charge in [-0.25, -0.2) is 9.59 Å². The van der Waals surface area contributed by atoms with E-state index in [0.29, 0.717) is 11.3 Å². The number of hydrogen-bond donors (Lipinski definition) is 2. The first-order valence-corrected chi connectivity index (χ1v) is 7.62. The van der Waals surface area contributed by atoms with Crippen molar-refractivity contribution in [1.82, 2.24) is 5.32 Å². The molecule has 1 aromatic carbocycles. The third-order valence-corrected chi connectivity index (χ3v) is 3.29. The second-order valence-electron chi connectivity index (χ2n) is 6.24. The zero-order valence-corrected chi connectivity index (χ0v) is 14.7. The van der Waals surface area contributed by atoms with Crippen LogP contribution in [0.3, 0.4) is 0 Å². The molecule has 0 heterocycles. The summed E-state index contributed by atoms with van der Waals surface area (Å²) in [6, 6.07) is 6.61. The van der Waals surface area contributed by atoms with E-state index in [0.717, 1.165) is 0 Å². The Bertz CT molecular complexity index is 581. The molecule has 1 unspecified atom stereocenters. The molecule has 7 heteroatoms. The lowest BCUT2D eigenvalue weighted by Crippen LogP contribution is -2.52. The van der Waals surface area contributed by atoms with E-state index >= 15 is 0 Å². The Hall–Kier alpha value is -2.28. The summed E-state index contributed by atoms with van der Waals surface area (Å²) >= 11 is 0. The van der Waals surface area contributed by atoms with Gasteiger partial charge < -0.3 is 24.6 Å². The molecule has 7 nitrogen and oxygen atoms in total. The zero-order valence-electron chi connectivity index (χ0n) is 14.7. The minimum Gasteiger partial charge on any atom is -0.479 e. The van der Waals surface area contributed by atoms with Gasteiger partial charge in [-0.3, -0.25) is 0 Å². The normalized spacial score (nSPS) is 13.7. The van der Waals surface area contributed by atoms with Gasteiger partial charge in [-0.1, -0.05) is 25.1 Å². The molecule has 0 fully saturated rings. The molecule has 1 amide bonds. The molecule has 1 atom stereocenters. The quantitative estimate of drug-likeness (QED) is 0.742. The summed E-state index contributed by atoms with van der Waals surface area (Å²) in [5.74, 6) is -0.885. The Labute approximate surface area is 141 Å². The van der Waals surface area contributed by atoms with Crippen LogP contribution in [0.4, 0.5) is 4.79 Å². The number of ether oxygens (including phenoxy) is 3. The number of hydrogen-bond acceptors (Lipinski definition) is 5. The van der Waals surface area contributed by atoms with Gasteiger partial charge in [-0.05, 0) is 33.3 Å². The molecular weight excluding hydrogens is 314 g/mol. The van der Waals surface area contributed by atoms with Crippen molar-refractivity contribution in [3.05, 3.63) is 29.8 Å². The van der Waals surface area contributed by atoms with Crippen molar-refractivity contribution in [3.8, 4) is 5.75 Å². The lowest BCUT2D eigenvalue weighted by atomic mass is 9.86. The molecule has 0 aliphatic heterocycles. The van der Waals surface area contributed by atoms with Crippen LogP contribution in [0.15, 0.2) is 24.3 Å². The van der Waals surface area contributed by atoms with E-state index < -0.39 is 23.2 Å². The second-order valence-corrected chi connectivity index (χ2v) is 6.24. The van der Waals surface area contributed by atoms with Crippen molar-refractivity contribution in [1.29, 1.82) is 0 Å². The Balaban J connectivity index is 3.26. The molecule has 0 aliphatic rings. The molecule has 0 aromatic heterocycles. The first-order chi connectivity index (χ1) is 11.2. The summed E-state index contributed by atoms with van der Waals surface area (Å²) in [6.07, 6.45) is -0.706. The number of carbonyl (C=O) groups excluding carboxylic acids is 1. The van der Waals surface area contributed by atoms with Gasteiger partial charge in [0.05, 0.1) is 0 Å². The topological polar surface area (TPSA) is 94.1 Å². The van der Waals surface area contributed by atoms with Crippen LogP contribution < -0.4 is 10.1 Å². The summed E-state index contributed by atoms with van der Waals surface area (Å²) in [6.45, 7) is 6.74. The Morgan fingerprint density at radius 3 is 2.33 bits per heavy atom. The van der Waals surface area contributed by atoms with Crippen molar-refractivity contribution in [2.24, 2.45) is 0 Å². The highest BCUT2D eigenvalue weighted by Gasteiger charge is 2.43. The van der Waals surface area contributed by atoms with Gasteiger partial charge in [0.15, 0.2) is 12.3 Å². The van der Waals surface area contributed by atoms with Gasteiger partial charge in [0.25, 0.3) is 0 Å². The monoisotopic (exact) mass is 339 g/mol. The van der Waals surface area contributed by atoms with Crippen LogP contribution >= 0.6 is 0 Å². The smallest absolute Gasteiger partial charge is 0.408 e. The molecule has 1 aromatic rings. The highest BCUT2D eigenvalue weighted by atomic mass is 16.7. The predicted molar refractivity (Wildman–Crippen MR) is 87.9 cm³/mol. The molecule has 0 radical (unpaired) electrons. The van der Waals surface area contributed by atoms with E-state index in [-0.39, 0.29) is 13.2 Å². The van der Waals surface area contributed by atoms with E-state index in [1.807, 2.05) is 0 Å². The third-order valence-electron chi connectivity index (χ3n) is 3.29. The molecule has 0 aliphatic carbocycles. The number of nitrogens with one attached hydrogen (secondary N) is 1. The number of alkyl carbamates (subject to hydrolysis) is 1. The lowest BCUT2D eigenvalue weighted by molar-refractivity contribution is -0.145. The summed E-state index contributed by atoms with van der Waals surface area (Å²) in [4.78, 5) is 24.2. The number of para-hydroxylation sites is 1. The van der Waals surface area contributed by atoms with Crippen molar-refractivity contribution < 1.29 is 28.9 Å². The average molecular weight is 339 g/mol. The molecule has 0 spiro atoms. The van der Waals surface area contributed by atoms with E-state index in [9.17, 15) is 14.7 Å². The SMILES string of the molecule is CCC(NC(=O)OC(C)(C)C)(C(=O)O)c1ccccc1OCOC. The van der Waals surface area contributed by atoms with Crippen LogP contribution in [0, 0.1) is 0 Å². The van der Waals surface area contributed by atoms with Crippen molar-refractivity contribution >= 4 is 12.1 Å². The van der Waals surface area contributed by atoms with Gasteiger partial charge in [-0.2, -0.15) is 0 Å². The molecule has 134 valence electrons. The minimum atomic E-state index is -1.67. The summed E-state index contributed by atoms with van der Waals surface area (Å²) in [5.41, 5.74) is -2.09. The number of benzene rings is 1. The molecule has 0 bridgehead atoms. The summed E-state index contributed by atoms with van der Waals surface area (Å²) in [7, 11) is 1.46. The first-order valence-electron chi connectivity index (χ1n) is 7.62. The fourth-order valence-electron chi connectivity index (χ4n) is 2.21. The van der Waals surface area contributed by atoms with Crippen LogP contribution in [-0.2, 0) is 19.8 Å². The Morgan fingerprint density at radius 2 is 1.83 bits per heavy atom. The number of rotatable bonds is 7. The van der Waals surface area contributed by atoms with Crippen LogP contribution in [0.1, 0.15) is 39.7 Å². The maximum absolute atomic E-state index is 12.2. The van der Waals surface area contributed by atoms with Crippen LogP contribution in [0.2, 0.25) is 0 Å². The number of amides is 1. The van der Waals surface area contributed by atoms with Crippen molar-refractivity contribution in [2.75, 3.05) is 13.9 Å². The molecule has 2 N–H and O–H groups in total. The minimum absolute atomic E-state index is 0.0388. The summed E-state index contributed by atoms with van der Waals surface area (Å²) < 4.78 is 15.5. The zero-order chi connectivity index (χ0) is 18.4. The van der Waals surface area contributed by atoms with Crippen molar-refractivity contribution in [3.63, 3.8) is 0 Å². The predicted octanol–water partition coefficient (Wildman–Crippen LogP) is 2.88. The molecular formula is C17H25NO6. The number of carbonyl (C=O) groups is 2. The van der Waals surface area contributed by atoms with Gasteiger partial charge >= 0.3 is 12.1 Å². The second kappa shape index (κ2) is 8.01. The van der Waals surface area contributed by atoms with Crippen LogP contribution in [0.5, 0.6) is 5.75 Å². The molecule has 0 saturated heterocycles. The summed E-state index contributed by atoms with van der Waals surface area (Å²) in [5, 5.41) is 12.3. The maximum Gasteiger partial charge on any atom is 0.408 e. The fourth-order valence-corrected chi connectivity index (χ4v) is 2.21. The highest BCUT2D eigenvalue weighted by Crippen LogP contribution is 2.33. The Kier molecular flexibility index (Phi) is 6.60. The largest absolute Gasteiger partial charge is 0.479 e. The number of carboxylic acids is 1. The van der Waals surface area contributed by atoms with Crippen LogP contribution in [-0.4, -0.2) is 36.7 Å². The van der Waals surface area contributed by atoms with Gasteiger partial charge in [-0.15, -0.1) is 0 Å². The standard InChI is InChI=1S/C17H25NO6/c1-6-17(14(19)20,18-15(21)24-16(2,3)4)12-9-7-8-10-13(12)23-11-22-5/h7-10H,6,11H2,1-5H3,(H,18,21)(H,19,20). The highest BCUT2D eigenvalue weighted by molar-refractivity contribution is 5.86.